The summed E-state index contributed by atoms with van der Waals surface area (Å²) in [6.45, 7) is 7.75. The molecule has 2 nitrogen and oxygen atoms in total. The molecule has 0 atom stereocenters. The van der Waals surface area contributed by atoms with Crippen molar-refractivity contribution in [3.63, 3.8) is 0 Å². The lowest BCUT2D eigenvalue weighted by Gasteiger charge is -2.22. The van der Waals surface area contributed by atoms with Crippen LogP contribution in [0.15, 0.2) is 22.7 Å². The Labute approximate surface area is 106 Å². The zero-order valence-electron chi connectivity index (χ0n) is 10.2. The molecule has 0 saturated heterocycles. The number of hydrogen-bond acceptors (Lipinski definition) is 2. The number of aryl methyl sites for hydroxylation is 1. The lowest BCUT2D eigenvalue weighted by atomic mass is 9.90. The molecular formula is C13H20BrNO. The summed E-state index contributed by atoms with van der Waals surface area (Å²) in [5.41, 5.74) is 7.04. The molecule has 0 fully saturated rings. The molecule has 0 aliphatic carbocycles. The minimum Gasteiger partial charge on any atom is -0.492 e. The normalized spacial score (nSPS) is 11.6. The third-order valence-corrected chi connectivity index (χ3v) is 3.30. The minimum atomic E-state index is 0.150. The van der Waals surface area contributed by atoms with Crippen molar-refractivity contribution in [2.45, 2.75) is 27.2 Å². The lowest BCUT2D eigenvalue weighted by Crippen LogP contribution is -2.25. The maximum atomic E-state index is 5.73. The van der Waals surface area contributed by atoms with Crippen molar-refractivity contribution in [1.82, 2.24) is 0 Å². The predicted octanol–water partition coefficient (Wildman–Crippen LogP) is 3.51. The van der Waals surface area contributed by atoms with Crippen LogP contribution in [0.5, 0.6) is 5.75 Å². The fourth-order valence-corrected chi connectivity index (χ4v) is 1.87. The summed E-state index contributed by atoms with van der Waals surface area (Å²) in [7, 11) is 0. The summed E-state index contributed by atoms with van der Waals surface area (Å²) < 4.78 is 6.74. The molecule has 0 saturated carbocycles. The molecular weight excluding hydrogens is 266 g/mol. The summed E-state index contributed by atoms with van der Waals surface area (Å²) in [6, 6.07) is 6.10. The molecule has 3 heteroatoms. The fourth-order valence-electron chi connectivity index (χ4n) is 1.26. The molecule has 0 heterocycles. The maximum Gasteiger partial charge on any atom is 0.133 e. The highest BCUT2D eigenvalue weighted by atomic mass is 79.9. The Morgan fingerprint density at radius 1 is 1.38 bits per heavy atom. The summed E-state index contributed by atoms with van der Waals surface area (Å²) >= 11 is 3.50. The van der Waals surface area contributed by atoms with E-state index >= 15 is 0 Å². The number of benzene rings is 1. The summed E-state index contributed by atoms with van der Waals surface area (Å²) in [5.74, 6) is 0.901. The second-order valence-electron chi connectivity index (χ2n) is 4.90. The second kappa shape index (κ2) is 5.69. The molecule has 0 unspecified atom stereocenters. The van der Waals surface area contributed by atoms with Gasteiger partial charge in [-0.2, -0.15) is 0 Å². The van der Waals surface area contributed by atoms with Crippen molar-refractivity contribution in [1.29, 1.82) is 0 Å². The highest BCUT2D eigenvalue weighted by molar-refractivity contribution is 9.10. The Kier molecular flexibility index (Phi) is 4.81. The summed E-state index contributed by atoms with van der Waals surface area (Å²) in [5, 5.41) is 0. The number of ether oxygens (including phenoxy) is 1. The fraction of sp³-hybridized carbons (Fsp3) is 0.538. The van der Waals surface area contributed by atoms with E-state index in [-0.39, 0.29) is 5.41 Å². The topological polar surface area (TPSA) is 35.2 Å². The van der Waals surface area contributed by atoms with E-state index in [0.29, 0.717) is 13.2 Å². The van der Waals surface area contributed by atoms with Crippen molar-refractivity contribution in [2.24, 2.45) is 11.1 Å². The lowest BCUT2D eigenvalue weighted by molar-refractivity contribution is 0.232. The standard InChI is InChI=1S/C13H20BrNO/c1-10-4-5-12(11(14)8-10)16-7-6-13(2,3)9-15/h4-5,8H,6-7,9,15H2,1-3H3. The van der Waals surface area contributed by atoms with Crippen LogP contribution in [0.1, 0.15) is 25.8 Å². The monoisotopic (exact) mass is 285 g/mol. The molecule has 2 N–H and O–H groups in total. The number of hydrogen-bond donors (Lipinski definition) is 1. The van der Waals surface area contributed by atoms with Gasteiger partial charge in [-0.3, -0.25) is 0 Å². The molecule has 0 aliphatic heterocycles. The van der Waals surface area contributed by atoms with Gasteiger partial charge in [-0.25, -0.2) is 0 Å². The van der Waals surface area contributed by atoms with E-state index < -0.39 is 0 Å². The van der Waals surface area contributed by atoms with Crippen LogP contribution in [0.4, 0.5) is 0 Å². The zero-order valence-corrected chi connectivity index (χ0v) is 11.8. The van der Waals surface area contributed by atoms with Gasteiger partial charge >= 0.3 is 0 Å². The molecule has 1 rings (SSSR count). The Balaban J connectivity index is 2.49. The first-order valence-corrected chi connectivity index (χ1v) is 6.33. The first-order chi connectivity index (χ1) is 7.44. The van der Waals surface area contributed by atoms with E-state index in [9.17, 15) is 0 Å². The zero-order chi connectivity index (χ0) is 12.2. The van der Waals surface area contributed by atoms with Crippen LogP contribution in [-0.4, -0.2) is 13.2 Å². The van der Waals surface area contributed by atoms with Crippen LogP contribution < -0.4 is 10.5 Å². The second-order valence-corrected chi connectivity index (χ2v) is 5.76. The summed E-state index contributed by atoms with van der Waals surface area (Å²) in [6.07, 6.45) is 0.962. The average Bonchev–Trinajstić information content (AvgIpc) is 2.21. The van der Waals surface area contributed by atoms with E-state index in [0.717, 1.165) is 16.6 Å². The molecule has 90 valence electrons. The minimum absolute atomic E-state index is 0.150. The maximum absolute atomic E-state index is 5.73. The van der Waals surface area contributed by atoms with Crippen LogP contribution >= 0.6 is 15.9 Å². The molecule has 0 spiro atoms. The number of halogens is 1. The van der Waals surface area contributed by atoms with Gasteiger partial charge in [0.1, 0.15) is 5.75 Å². The average molecular weight is 286 g/mol. The Hall–Kier alpha value is -0.540. The van der Waals surface area contributed by atoms with Crippen molar-refractivity contribution >= 4 is 15.9 Å². The van der Waals surface area contributed by atoms with Gasteiger partial charge in [0, 0.05) is 0 Å². The first-order valence-electron chi connectivity index (χ1n) is 5.54. The van der Waals surface area contributed by atoms with Crippen LogP contribution in [0.25, 0.3) is 0 Å². The quantitative estimate of drug-likeness (QED) is 0.899. The first kappa shape index (κ1) is 13.5. The van der Waals surface area contributed by atoms with E-state index in [1.54, 1.807) is 0 Å². The third-order valence-electron chi connectivity index (χ3n) is 2.68. The van der Waals surface area contributed by atoms with E-state index in [1.807, 2.05) is 12.1 Å². The van der Waals surface area contributed by atoms with Gasteiger partial charge in [-0.1, -0.05) is 19.9 Å². The Morgan fingerprint density at radius 3 is 2.62 bits per heavy atom. The molecule has 0 aliphatic rings. The molecule has 0 aromatic heterocycles. The Morgan fingerprint density at radius 2 is 2.06 bits per heavy atom. The van der Waals surface area contributed by atoms with Crippen LogP contribution in [-0.2, 0) is 0 Å². The van der Waals surface area contributed by atoms with Crippen molar-refractivity contribution in [3.8, 4) is 5.75 Å². The Bertz CT molecular complexity index is 350. The van der Waals surface area contributed by atoms with Crippen molar-refractivity contribution < 1.29 is 4.74 Å². The smallest absolute Gasteiger partial charge is 0.133 e. The highest BCUT2D eigenvalue weighted by Crippen LogP contribution is 2.27. The highest BCUT2D eigenvalue weighted by Gasteiger charge is 2.15. The molecule has 0 bridgehead atoms. The molecule has 1 aromatic carbocycles. The van der Waals surface area contributed by atoms with Gasteiger partial charge in [-0.15, -0.1) is 0 Å². The van der Waals surface area contributed by atoms with Gasteiger partial charge in [0.25, 0.3) is 0 Å². The van der Waals surface area contributed by atoms with Gasteiger partial charge in [-0.05, 0) is 58.9 Å². The van der Waals surface area contributed by atoms with E-state index in [1.165, 1.54) is 5.56 Å². The SMILES string of the molecule is Cc1ccc(OCCC(C)(C)CN)c(Br)c1. The molecule has 0 amide bonds. The predicted molar refractivity (Wildman–Crippen MR) is 71.8 cm³/mol. The van der Waals surface area contributed by atoms with Gasteiger partial charge in [0.15, 0.2) is 0 Å². The summed E-state index contributed by atoms with van der Waals surface area (Å²) in [4.78, 5) is 0. The van der Waals surface area contributed by atoms with Crippen molar-refractivity contribution in [3.05, 3.63) is 28.2 Å². The van der Waals surface area contributed by atoms with Crippen LogP contribution in [0.2, 0.25) is 0 Å². The van der Waals surface area contributed by atoms with E-state index in [2.05, 4.69) is 42.8 Å². The van der Waals surface area contributed by atoms with Crippen LogP contribution in [0, 0.1) is 12.3 Å². The van der Waals surface area contributed by atoms with Crippen molar-refractivity contribution in [2.75, 3.05) is 13.2 Å². The molecule has 1 aromatic rings. The van der Waals surface area contributed by atoms with Gasteiger partial charge in [0.2, 0.25) is 0 Å². The number of rotatable bonds is 5. The van der Waals surface area contributed by atoms with Gasteiger partial charge < -0.3 is 10.5 Å². The van der Waals surface area contributed by atoms with Crippen LogP contribution in [0.3, 0.4) is 0 Å². The van der Waals surface area contributed by atoms with E-state index in [4.69, 9.17) is 10.5 Å². The molecule has 0 radical (unpaired) electrons. The largest absolute Gasteiger partial charge is 0.492 e. The number of nitrogens with two attached hydrogens (primary N) is 1. The third kappa shape index (κ3) is 4.14. The van der Waals surface area contributed by atoms with Gasteiger partial charge in [0.05, 0.1) is 11.1 Å². The molecule has 16 heavy (non-hydrogen) atoms.